The topological polar surface area (TPSA) is 37.4 Å². The fourth-order valence-electron chi connectivity index (χ4n) is 3.56. The smallest absolute Gasteiger partial charge is 0.268 e. The van der Waals surface area contributed by atoms with Crippen molar-refractivity contribution < 1.29 is 9.59 Å². The molecule has 0 bridgehead atoms. The fraction of sp³-hybridized carbons (Fsp3) is 0.154. The van der Waals surface area contributed by atoms with Crippen molar-refractivity contribution in [1.82, 2.24) is 0 Å². The average Bonchev–Trinajstić information content (AvgIpc) is 2.97. The van der Waals surface area contributed by atoms with Crippen LogP contribution in [0.5, 0.6) is 0 Å². The van der Waals surface area contributed by atoms with Crippen LogP contribution in [0.2, 0.25) is 0 Å². The molecule has 0 spiro atoms. The largest absolute Gasteiger partial charge is 0.272 e. The van der Waals surface area contributed by atoms with Gasteiger partial charge in [0.15, 0.2) is 0 Å². The van der Waals surface area contributed by atoms with E-state index < -0.39 is 0 Å². The lowest BCUT2D eigenvalue weighted by Gasteiger charge is -2.19. The first-order valence-corrected chi connectivity index (χ1v) is 10.7. The molecule has 0 saturated heterocycles. The summed E-state index contributed by atoms with van der Waals surface area (Å²) >= 11 is 1.35. The van der Waals surface area contributed by atoms with Crippen molar-refractivity contribution in [2.45, 2.75) is 32.6 Å². The van der Waals surface area contributed by atoms with E-state index in [0.29, 0.717) is 16.2 Å². The van der Waals surface area contributed by atoms with Gasteiger partial charge in [0, 0.05) is 4.90 Å². The van der Waals surface area contributed by atoms with E-state index in [2.05, 4.69) is 0 Å². The molecule has 0 fully saturated rings. The van der Waals surface area contributed by atoms with Gasteiger partial charge in [0.05, 0.1) is 16.2 Å². The number of carbonyl (C=O) groups is 2. The summed E-state index contributed by atoms with van der Waals surface area (Å²) in [6, 6.07) is 21.3. The summed E-state index contributed by atoms with van der Waals surface area (Å²) in [5.74, 6) is -0.536. The summed E-state index contributed by atoms with van der Waals surface area (Å²) in [7, 11) is 0. The van der Waals surface area contributed by atoms with Crippen LogP contribution in [0.4, 0.5) is 5.69 Å². The van der Waals surface area contributed by atoms with Crippen LogP contribution in [0, 0.1) is 27.7 Å². The molecule has 3 nitrogen and oxygen atoms in total. The van der Waals surface area contributed by atoms with Gasteiger partial charge in [-0.05, 0) is 73.7 Å². The van der Waals surface area contributed by atoms with Gasteiger partial charge < -0.3 is 0 Å². The van der Waals surface area contributed by atoms with E-state index in [1.807, 2.05) is 94.4 Å². The molecule has 2 amide bonds. The number of carbonyl (C=O) groups excluding carboxylic acids is 2. The lowest BCUT2D eigenvalue weighted by Crippen LogP contribution is -2.32. The molecule has 3 aromatic rings. The molecule has 1 aliphatic rings. The Morgan fingerprint density at radius 2 is 1.43 bits per heavy atom. The second-order valence-electron chi connectivity index (χ2n) is 7.58. The second kappa shape index (κ2) is 7.96. The van der Waals surface area contributed by atoms with E-state index in [1.165, 1.54) is 16.7 Å². The van der Waals surface area contributed by atoms with Gasteiger partial charge in [0.2, 0.25) is 0 Å². The van der Waals surface area contributed by atoms with Crippen molar-refractivity contribution >= 4 is 34.8 Å². The van der Waals surface area contributed by atoms with Crippen LogP contribution < -0.4 is 4.90 Å². The van der Waals surface area contributed by atoms with Crippen molar-refractivity contribution in [3.63, 3.8) is 0 Å². The Kier molecular flexibility index (Phi) is 5.35. The maximum absolute atomic E-state index is 13.6. The van der Waals surface area contributed by atoms with Crippen molar-refractivity contribution in [2.24, 2.45) is 0 Å². The summed E-state index contributed by atoms with van der Waals surface area (Å²) in [5, 5.41) is 0. The molecule has 30 heavy (non-hydrogen) atoms. The Morgan fingerprint density at radius 1 is 0.700 bits per heavy atom. The number of benzene rings is 3. The number of aryl methyl sites for hydroxylation is 3. The number of imide groups is 1. The number of hydrogen-bond donors (Lipinski definition) is 0. The van der Waals surface area contributed by atoms with Crippen LogP contribution in [0.25, 0.3) is 5.57 Å². The maximum atomic E-state index is 13.6. The lowest BCUT2D eigenvalue weighted by molar-refractivity contribution is -0.119. The molecule has 0 aromatic heterocycles. The Hall–Kier alpha value is -3.11. The van der Waals surface area contributed by atoms with Crippen molar-refractivity contribution in [1.29, 1.82) is 0 Å². The summed E-state index contributed by atoms with van der Waals surface area (Å²) < 4.78 is 0. The first-order valence-electron chi connectivity index (χ1n) is 9.88. The van der Waals surface area contributed by atoms with Crippen LogP contribution in [0.3, 0.4) is 0 Å². The number of rotatable bonds is 4. The van der Waals surface area contributed by atoms with Crippen LogP contribution >= 0.6 is 11.8 Å². The zero-order valence-electron chi connectivity index (χ0n) is 17.5. The number of thioether (sulfide) groups is 1. The van der Waals surface area contributed by atoms with Gasteiger partial charge in [-0.3, -0.25) is 9.59 Å². The number of anilines is 1. The van der Waals surface area contributed by atoms with Crippen LogP contribution in [-0.2, 0) is 9.59 Å². The zero-order chi connectivity index (χ0) is 21.4. The van der Waals surface area contributed by atoms with E-state index in [9.17, 15) is 9.59 Å². The summed E-state index contributed by atoms with van der Waals surface area (Å²) in [6.45, 7) is 7.99. The Morgan fingerprint density at radius 3 is 2.13 bits per heavy atom. The lowest BCUT2D eigenvalue weighted by atomic mass is 10.0. The highest BCUT2D eigenvalue weighted by Crippen LogP contribution is 2.42. The van der Waals surface area contributed by atoms with E-state index in [1.54, 1.807) is 0 Å². The first kappa shape index (κ1) is 20.2. The summed E-state index contributed by atoms with van der Waals surface area (Å²) in [5.41, 5.74) is 6.12. The van der Waals surface area contributed by atoms with E-state index in [0.717, 1.165) is 32.7 Å². The molecule has 1 aliphatic heterocycles. The van der Waals surface area contributed by atoms with Crippen LogP contribution in [-0.4, -0.2) is 11.8 Å². The Labute approximate surface area is 181 Å². The number of amides is 2. The molecular weight excluding hydrogens is 390 g/mol. The van der Waals surface area contributed by atoms with Crippen LogP contribution in [0.15, 0.2) is 76.5 Å². The third-order valence-corrected chi connectivity index (χ3v) is 6.71. The number of nitrogens with zero attached hydrogens (tertiary/aromatic N) is 1. The Balaban J connectivity index is 1.88. The van der Waals surface area contributed by atoms with Gasteiger partial charge in [-0.25, -0.2) is 4.90 Å². The molecule has 4 rings (SSSR count). The minimum absolute atomic E-state index is 0.268. The van der Waals surface area contributed by atoms with Crippen molar-refractivity contribution in [3.05, 3.63) is 99.5 Å². The van der Waals surface area contributed by atoms with Gasteiger partial charge in [0.1, 0.15) is 0 Å². The van der Waals surface area contributed by atoms with Gasteiger partial charge in [-0.15, -0.1) is 0 Å². The molecule has 0 saturated carbocycles. The minimum atomic E-state index is -0.268. The Bertz CT molecular complexity index is 1190. The van der Waals surface area contributed by atoms with E-state index in [4.69, 9.17) is 0 Å². The molecule has 0 aliphatic carbocycles. The zero-order valence-corrected chi connectivity index (χ0v) is 18.3. The summed E-state index contributed by atoms with van der Waals surface area (Å²) in [4.78, 5) is 29.9. The second-order valence-corrected chi connectivity index (χ2v) is 8.67. The number of hydrogen-bond acceptors (Lipinski definition) is 3. The molecule has 0 atom stereocenters. The van der Waals surface area contributed by atoms with Crippen molar-refractivity contribution in [3.8, 4) is 0 Å². The summed E-state index contributed by atoms with van der Waals surface area (Å²) in [6.07, 6.45) is 0. The molecule has 3 aromatic carbocycles. The third-order valence-electron chi connectivity index (χ3n) is 5.62. The van der Waals surface area contributed by atoms with Crippen LogP contribution in [0.1, 0.15) is 27.8 Å². The predicted octanol–water partition coefficient (Wildman–Crippen LogP) is 6.00. The molecule has 150 valence electrons. The highest BCUT2D eigenvalue weighted by atomic mass is 32.2. The monoisotopic (exact) mass is 413 g/mol. The molecular formula is C26H23NO2S. The standard InChI is InChI=1S/C26H23NO2S/c1-16-13-14-20(15-18(16)3)23-24(30-21-10-6-5-7-11-21)26(29)27(25(23)28)22-12-8-9-17(2)19(22)4/h5-15H,1-4H3. The first-order chi connectivity index (χ1) is 14.4. The molecule has 0 N–H and O–H groups in total. The molecule has 0 unspecified atom stereocenters. The fourth-order valence-corrected chi connectivity index (χ4v) is 4.57. The SMILES string of the molecule is Cc1ccc(C2=C(Sc3ccccc3)C(=O)N(c3cccc(C)c3C)C2=O)cc1C. The molecule has 0 radical (unpaired) electrons. The highest BCUT2D eigenvalue weighted by Gasteiger charge is 2.41. The van der Waals surface area contributed by atoms with Crippen molar-refractivity contribution in [2.75, 3.05) is 4.90 Å². The molecule has 1 heterocycles. The maximum Gasteiger partial charge on any atom is 0.272 e. The average molecular weight is 414 g/mol. The molecule has 4 heteroatoms. The van der Waals surface area contributed by atoms with E-state index >= 15 is 0 Å². The highest BCUT2D eigenvalue weighted by molar-refractivity contribution is 8.04. The quantitative estimate of drug-likeness (QED) is 0.493. The van der Waals surface area contributed by atoms with Gasteiger partial charge in [-0.1, -0.05) is 60.3 Å². The van der Waals surface area contributed by atoms with Gasteiger partial charge in [-0.2, -0.15) is 0 Å². The minimum Gasteiger partial charge on any atom is -0.268 e. The normalized spacial score (nSPS) is 14.1. The van der Waals surface area contributed by atoms with E-state index in [-0.39, 0.29) is 11.8 Å². The predicted molar refractivity (Wildman–Crippen MR) is 124 cm³/mol. The van der Waals surface area contributed by atoms with Gasteiger partial charge in [0.25, 0.3) is 11.8 Å². The van der Waals surface area contributed by atoms with Gasteiger partial charge >= 0.3 is 0 Å². The third kappa shape index (κ3) is 3.48.